The van der Waals surface area contributed by atoms with Crippen molar-refractivity contribution in [3.05, 3.63) is 40.8 Å². The van der Waals surface area contributed by atoms with E-state index in [2.05, 4.69) is 25.5 Å². The Bertz CT molecular complexity index is 740. The average Bonchev–Trinajstić information content (AvgIpc) is 3.03. The van der Waals surface area contributed by atoms with Gasteiger partial charge in [-0.25, -0.2) is 9.02 Å². The van der Waals surface area contributed by atoms with Crippen molar-refractivity contribution in [2.24, 2.45) is 4.99 Å². The largest absolute Gasteiger partial charge is 0.290 e. The highest BCUT2D eigenvalue weighted by atomic mass is 32.2. The van der Waals surface area contributed by atoms with Crippen LogP contribution in [0.4, 0.5) is 4.39 Å². The second-order valence-corrected chi connectivity index (χ2v) is 6.80. The summed E-state index contributed by atoms with van der Waals surface area (Å²) in [7, 11) is 0. The summed E-state index contributed by atoms with van der Waals surface area (Å²) in [5.41, 5.74) is 4.27. The molecule has 3 rings (SSSR count). The van der Waals surface area contributed by atoms with E-state index in [1.54, 1.807) is 6.07 Å². The highest BCUT2D eigenvalue weighted by Gasteiger charge is 2.28. The third-order valence-corrected chi connectivity index (χ3v) is 4.98. The van der Waals surface area contributed by atoms with E-state index < -0.39 is 0 Å². The van der Waals surface area contributed by atoms with Crippen molar-refractivity contribution >= 4 is 29.5 Å². The molecule has 128 valence electrons. The molecule has 1 aliphatic rings. The molecule has 7 nitrogen and oxygen atoms in total. The Labute approximate surface area is 146 Å². The van der Waals surface area contributed by atoms with Crippen LogP contribution in [0.25, 0.3) is 0 Å². The van der Waals surface area contributed by atoms with Crippen LogP contribution < -0.4 is 10.2 Å². The van der Waals surface area contributed by atoms with Gasteiger partial charge in [0.05, 0.1) is 6.04 Å². The lowest BCUT2D eigenvalue weighted by molar-refractivity contribution is 0.232. The third kappa shape index (κ3) is 3.72. The van der Waals surface area contributed by atoms with Crippen molar-refractivity contribution in [3.63, 3.8) is 0 Å². The number of hydroxylamine groups is 1. The van der Waals surface area contributed by atoms with Crippen molar-refractivity contribution < 1.29 is 14.2 Å². The van der Waals surface area contributed by atoms with Crippen molar-refractivity contribution in [1.29, 1.82) is 0 Å². The minimum Gasteiger partial charge on any atom is -0.290 e. The van der Waals surface area contributed by atoms with Crippen LogP contribution in [0.3, 0.4) is 0 Å². The quantitative estimate of drug-likeness (QED) is 0.171. The van der Waals surface area contributed by atoms with Gasteiger partial charge in [-0.2, -0.15) is 0 Å². The molecule has 1 aliphatic carbocycles. The number of nitrogens with zero attached hydrogens (tertiary/aromatic N) is 3. The predicted octanol–water partition coefficient (Wildman–Crippen LogP) is 2.19. The molecule has 0 aliphatic heterocycles. The van der Waals surface area contributed by atoms with Gasteiger partial charge in [-0.15, -0.1) is 0 Å². The number of aliphatic imine (C=N–C) groups is 1. The highest BCUT2D eigenvalue weighted by molar-refractivity contribution is 7.99. The molecule has 24 heavy (non-hydrogen) atoms. The zero-order valence-electron chi connectivity index (χ0n) is 12.8. The van der Waals surface area contributed by atoms with Crippen LogP contribution in [0.15, 0.2) is 32.8 Å². The molecule has 0 saturated heterocycles. The zero-order chi connectivity index (χ0) is 16.9. The summed E-state index contributed by atoms with van der Waals surface area (Å²) >= 11 is 2.98. The first-order valence-electron chi connectivity index (χ1n) is 7.20. The van der Waals surface area contributed by atoms with Gasteiger partial charge in [0.25, 0.3) is 0 Å². The average molecular weight is 369 g/mol. The van der Waals surface area contributed by atoms with Gasteiger partial charge in [-0.1, -0.05) is 29.8 Å². The molecule has 0 radical (unpaired) electrons. The molecule has 10 heteroatoms. The molecular formula is C14H16FN5O2S2. The van der Waals surface area contributed by atoms with Gasteiger partial charge in [0.1, 0.15) is 5.82 Å². The lowest BCUT2D eigenvalue weighted by Crippen LogP contribution is -2.25. The maximum Gasteiger partial charge on any atom is 0.185 e. The standard InChI is InChI=1S/C14H16FN5O2S2/c1-23-16-4-5-24-14-12(19-22-20-14)13(18-21)17-11-6-8-2-3-9(15)7-10(8)11/h2-3,7,11,16,21H,4-6H2,1H3,(H,17,18). The van der Waals surface area contributed by atoms with Crippen LogP contribution in [0.5, 0.6) is 0 Å². The Morgan fingerprint density at radius 3 is 3.17 bits per heavy atom. The molecule has 1 aromatic carbocycles. The van der Waals surface area contributed by atoms with E-state index in [1.165, 1.54) is 35.8 Å². The first kappa shape index (κ1) is 17.2. The van der Waals surface area contributed by atoms with Crippen LogP contribution in [0.1, 0.15) is 22.9 Å². The SMILES string of the molecule is CSNCCSc1nonc1C(=NC1Cc2ccc(F)cc21)NO. The molecular weight excluding hydrogens is 353 g/mol. The summed E-state index contributed by atoms with van der Waals surface area (Å²) in [6.45, 7) is 0.784. The molecule has 0 spiro atoms. The highest BCUT2D eigenvalue weighted by Crippen LogP contribution is 2.37. The summed E-state index contributed by atoms with van der Waals surface area (Å²) in [4.78, 5) is 4.42. The summed E-state index contributed by atoms with van der Waals surface area (Å²) in [5.74, 6) is 0.627. The summed E-state index contributed by atoms with van der Waals surface area (Å²) in [6, 6.07) is 4.42. The van der Waals surface area contributed by atoms with E-state index in [1.807, 2.05) is 6.26 Å². The number of benzene rings is 1. The number of fused-ring (bicyclic) bond motifs is 1. The Morgan fingerprint density at radius 2 is 2.38 bits per heavy atom. The van der Waals surface area contributed by atoms with Gasteiger partial charge in [0, 0.05) is 12.3 Å². The second-order valence-electron chi connectivity index (χ2n) is 5.02. The van der Waals surface area contributed by atoms with E-state index >= 15 is 0 Å². The third-order valence-electron chi connectivity index (χ3n) is 3.54. The first-order valence-corrected chi connectivity index (χ1v) is 9.41. The van der Waals surface area contributed by atoms with Crippen LogP contribution in [-0.4, -0.2) is 39.9 Å². The van der Waals surface area contributed by atoms with Crippen LogP contribution in [-0.2, 0) is 6.42 Å². The maximum atomic E-state index is 13.4. The van der Waals surface area contributed by atoms with E-state index in [9.17, 15) is 9.60 Å². The van der Waals surface area contributed by atoms with Gasteiger partial charge < -0.3 is 0 Å². The Morgan fingerprint density at radius 1 is 1.50 bits per heavy atom. The normalized spacial score (nSPS) is 16.6. The molecule has 1 aromatic heterocycles. The lowest BCUT2D eigenvalue weighted by atomic mass is 9.83. The molecule has 2 aromatic rings. The topological polar surface area (TPSA) is 95.6 Å². The molecule has 1 heterocycles. The minimum atomic E-state index is -0.298. The van der Waals surface area contributed by atoms with Gasteiger partial charge in [-0.3, -0.25) is 20.4 Å². The number of aromatic nitrogens is 2. The van der Waals surface area contributed by atoms with Gasteiger partial charge in [-0.05, 0) is 46.2 Å². The van der Waals surface area contributed by atoms with E-state index in [0.29, 0.717) is 17.1 Å². The lowest BCUT2D eigenvalue weighted by Gasteiger charge is -2.27. The number of hydrogen-bond donors (Lipinski definition) is 3. The predicted molar refractivity (Wildman–Crippen MR) is 90.8 cm³/mol. The first-order chi connectivity index (χ1) is 11.7. The van der Waals surface area contributed by atoms with E-state index in [4.69, 9.17) is 4.63 Å². The summed E-state index contributed by atoms with van der Waals surface area (Å²) in [6.07, 6.45) is 2.64. The van der Waals surface area contributed by atoms with Crippen molar-refractivity contribution in [2.45, 2.75) is 17.5 Å². The molecule has 3 N–H and O–H groups in total. The van der Waals surface area contributed by atoms with Crippen LogP contribution in [0.2, 0.25) is 0 Å². The molecule has 0 saturated carbocycles. The zero-order valence-corrected chi connectivity index (χ0v) is 14.5. The smallest absolute Gasteiger partial charge is 0.185 e. The number of thioether (sulfide) groups is 1. The Hall–Kier alpha value is -1.62. The van der Waals surface area contributed by atoms with Crippen molar-refractivity contribution in [3.8, 4) is 0 Å². The summed E-state index contributed by atoms with van der Waals surface area (Å²) in [5, 5.41) is 17.6. The maximum absolute atomic E-state index is 13.4. The molecule has 0 bridgehead atoms. The van der Waals surface area contributed by atoms with Crippen molar-refractivity contribution in [2.75, 3.05) is 18.6 Å². The number of nitrogens with one attached hydrogen (secondary N) is 2. The van der Waals surface area contributed by atoms with Gasteiger partial charge in [0.2, 0.25) is 0 Å². The Balaban J connectivity index is 1.74. The number of hydrogen-bond acceptors (Lipinski definition) is 8. The molecule has 1 atom stereocenters. The molecule has 0 fully saturated rings. The number of amidine groups is 1. The molecule has 1 unspecified atom stereocenters. The van der Waals surface area contributed by atoms with E-state index in [-0.39, 0.29) is 17.7 Å². The van der Waals surface area contributed by atoms with Crippen molar-refractivity contribution in [1.82, 2.24) is 20.5 Å². The number of rotatable bonds is 7. The van der Waals surface area contributed by atoms with E-state index in [0.717, 1.165) is 23.4 Å². The van der Waals surface area contributed by atoms with Gasteiger partial charge >= 0.3 is 0 Å². The monoisotopic (exact) mass is 369 g/mol. The van der Waals surface area contributed by atoms with Crippen LogP contribution >= 0.6 is 23.7 Å². The van der Waals surface area contributed by atoms with Gasteiger partial charge in [0.15, 0.2) is 16.6 Å². The number of halogens is 1. The molecule has 0 amide bonds. The van der Waals surface area contributed by atoms with Crippen LogP contribution in [0, 0.1) is 5.82 Å². The fourth-order valence-electron chi connectivity index (χ4n) is 2.37. The second kappa shape index (κ2) is 7.97. The fourth-order valence-corrected chi connectivity index (χ4v) is 3.56. The summed E-state index contributed by atoms with van der Waals surface area (Å²) < 4.78 is 21.2. The Kier molecular flexibility index (Phi) is 5.72. The fraction of sp³-hybridized carbons (Fsp3) is 0.357. The minimum absolute atomic E-state index is 0.163.